The van der Waals surface area contributed by atoms with Crippen LogP contribution in [-0.4, -0.2) is 53.2 Å². The van der Waals surface area contributed by atoms with E-state index in [1.54, 1.807) is 11.4 Å². The number of hydrogen-bond donors (Lipinski definition) is 4. The molecule has 4 N–H and O–H groups in total. The fourth-order valence-corrected chi connectivity index (χ4v) is 3.11. The third-order valence-electron chi connectivity index (χ3n) is 2.04. The van der Waals surface area contributed by atoms with Gasteiger partial charge in [0.2, 0.25) is 0 Å². The number of furan rings is 1. The number of rotatable bonds is 6. The van der Waals surface area contributed by atoms with Crippen LogP contribution in [-0.2, 0) is 8.95 Å². The Kier molecular flexibility index (Phi) is 4.78. The number of ether oxygens (including phenoxy) is 1. The van der Waals surface area contributed by atoms with Gasteiger partial charge in [-0.2, -0.15) is 0 Å². The third kappa shape index (κ3) is 4.01. The molecule has 1 heterocycles. The van der Waals surface area contributed by atoms with E-state index >= 15 is 0 Å². The molecule has 7 nitrogen and oxygen atoms in total. The van der Waals surface area contributed by atoms with Crippen molar-refractivity contribution in [3.63, 3.8) is 0 Å². The summed E-state index contributed by atoms with van der Waals surface area (Å²) in [6.45, 7) is -0.792. The van der Waals surface area contributed by atoms with Gasteiger partial charge in [-0.15, -0.1) is 0 Å². The summed E-state index contributed by atoms with van der Waals surface area (Å²) in [5.41, 5.74) is 3.15. The van der Waals surface area contributed by atoms with Crippen molar-refractivity contribution in [2.75, 3.05) is 13.2 Å². The van der Waals surface area contributed by atoms with Gasteiger partial charge in [0, 0.05) is 0 Å². The van der Waals surface area contributed by atoms with Gasteiger partial charge in [0.25, 0.3) is 0 Å². The second-order valence-corrected chi connectivity index (χ2v) is 11.7. The first kappa shape index (κ1) is 15.0. The molecule has 0 saturated carbocycles. The number of aliphatic hydroxyl groups excluding tert-OH is 2. The average molecular weight is 324 g/mol. The van der Waals surface area contributed by atoms with E-state index in [9.17, 15) is 14.0 Å². The molecular formula is C10H17AsO7. The number of hydrogen-bond acceptors (Lipinski definition) is 7. The summed E-state index contributed by atoms with van der Waals surface area (Å²) in [4.78, 5) is 0. The van der Waals surface area contributed by atoms with Gasteiger partial charge in [0.15, 0.2) is 0 Å². The van der Waals surface area contributed by atoms with Crippen LogP contribution in [0.1, 0.15) is 5.76 Å². The van der Waals surface area contributed by atoms with Gasteiger partial charge in [-0.1, -0.05) is 0 Å². The number of aromatic hydroxyl groups is 2. The molecule has 8 heteroatoms. The predicted molar refractivity (Wildman–Crippen MR) is 62.5 cm³/mol. The van der Waals surface area contributed by atoms with Crippen molar-refractivity contribution in [2.24, 2.45) is 0 Å². The molecule has 0 radical (unpaired) electrons. The topological polar surface area (TPSA) is 120 Å². The van der Waals surface area contributed by atoms with Crippen LogP contribution in [0.2, 0.25) is 11.4 Å². The molecule has 0 aliphatic rings. The Hall–Kier alpha value is -1.04. The Balaban J connectivity index is 2.82. The van der Waals surface area contributed by atoms with Gasteiger partial charge in [0.05, 0.1) is 0 Å². The second kappa shape index (κ2) is 5.73. The van der Waals surface area contributed by atoms with Crippen LogP contribution in [0, 0.1) is 0 Å². The Morgan fingerprint density at radius 1 is 1.33 bits per heavy atom. The molecule has 18 heavy (non-hydrogen) atoms. The molecule has 104 valence electrons. The van der Waals surface area contributed by atoms with E-state index in [0.29, 0.717) is 0 Å². The molecule has 0 fully saturated rings. The number of aliphatic hydroxyl groups is 2. The van der Waals surface area contributed by atoms with E-state index in [2.05, 4.69) is 0 Å². The van der Waals surface area contributed by atoms with Gasteiger partial charge >= 0.3 is 106 Å². The van der Waals surface area contributed by atoms with Gasteiger partial charge in [-0.25, -0.2) is 0 Å². The van der Waals surface area contributed by atoms with Gasteiger partial charge in [0.1, 0.15) is 0 Å². The Bertz CT molecular complexity index is 447. The average Bonchev–Trinajstić information content (AvgIpc) is 2.52. The van der Waals surface area contributed by atoms with Crippen molar-refractivity contribution in [1.82, 2.24) is 0 Å². The summed E-state index contributed by atoms with van der Waals surface area (Å²) in [5, 5.41) is 36.8. The first-order valence-electron chi connectivity index (χ1n) is 5.24. The molecule has 1 aromatic heterocycles. The molecule has 1 aromatic rings. The monoisotopic (exact) mass is 324 g/mol. The van der Waals surface area contributed by atoms with Crippen LogP contribution in [0.3, 0.4) is 0 Å². The first-order chi connectivity index (χ1) is 8.24. The first-order valence-corrected chi connectivity index (χ1v) is 11.1. The van der Waals surface area contributed by atoms with Crippen LogP contribution in [0.5, 0.6) is 17.4 Å². The summed E-state index contributed by atoms with van der Waals surface area (Å²) in [6.07, 6.45) is -1.12. The minimum absolute atomic E-state index is 0.00603. The third-order valence-corrected chi connectivity index (χ3v) is 4.24. The second-order valence-electron chi connectivity index (χ2n) is 4.39. The van der Waals surface area contributed by atoms with Crippen molar-refractivity contribution < 1.29 is 33.3 Å². The van der Waals surface area contributed by atoms with E-state index in [0.717, 1.165) is 0 Å². The van der Waals surface area contributed by atoms with E-state index < -0.39 is 37.7 Å². The summed E-state index contributed by atoms with van der Waals surface area (Å²) >= 11 is -3.08. The summed E-state index contributed by atoms with van der Waals surface area (Å²) < 4.78 is 21.6. The molecule has 1 rings (SSSR count). The van der Waals surface area contributed by atoms with Gasteiger partial charge < -0.3 is 0 Å². The zero-order valence-corrected chi connectivity index (χ0v) is 12.0. The Morgan fingerprint density at radius 2 is 1.94 bits per heavy atom. The zero-order valence-electron chi connectivity index (χ0n) is 10.2. The van der Waals surface area contributed by atoms with E-state index in [-0.39, 0.29) is 23.5 Å². The fourth-order valence-electron chi connectivity index (χ4n) is 1.21. The van der Waals surface area contributed by atoms with Crippen molar-refractivity contribution >= 4 is 13.5 Å². The van der Waals surface area contributed by atoms with Crippen molar-refractivity contribution in [3.05, 3.63) is 5.76 Å². The molecule has 0 bridgehead atoms. The van der Waals surface area contributed by atoms with Gasteiger partial charge in [-0.05, 0) is 0 Å². The fraction of sp³-hybridized carbons (Fsp3) is 0.600. The van der Waals surface area contributed by atoms with Gasteiger partial charge in [-0.3, -0.25) is 0 Å². The summed E-state index contributed by atoms with van der Waals surface area (Å²) in [7, 11) is 0. The Morgan fingerprint density at radius 3 is 2.44 bits per heavy atom. The van der Waals surface area contributed by atoms with Crippen LogP contribution in [0.25, 0.3) is 0 Å². The molecule has 1 unspecified atom stereocenters. The summed E-state index contributed by atoms with van der Waals surface area (Å²) in [5.74, 6) is -1.47. The van der Waals surface area contributed by atoms with Crippen molar-refractivity contribution in [1.29, 1.82) is 0 Å². The van der Waals surface area contributed by atoms with Crippen LogP contribution in [0.4, 0.5) is 0 Å². The van der Waals surface area contributed by atoms with Crippen molar-refractivity contribution in [2.45, 2.75) is 22.7 Å². The molecule has 0 aromatic carbocycles. The quantitative estimate of drug-likeness (QED) is 0.549. The molecule has 1 atom stereocenters. The standard InChI is InChI=1S/C10H17AsO7/c1-11(2,16)3-7-8(14)9(15)10(18-7)17-5-6(13)4-12/h6,12-15H,3-5H2,1-2H3. The van der Waals surface area contributed by atoms with E-state index in [4.69, 9.17) is 19.4 Å². The van der Waals surface area contributed by atoms with Crippen LogP contribution < -0.4 is 4.74 Å². The van der Waals surface area contributed by atoms with Crippen LogP contribution in [0.15, 0.2) is 4.42 Å². The Labute approximate surface area is 106 Å². The SMILES string of the molecule is C[As](C)(=O)Cc1oc(OCC(O)CO)c(O)c1O. The predicted octanol–water partition coefficient (Wildman–Crippen LogP) is 0.140. The van der Waals surface area contributed by atoms with E-state index in [1.807, 2.05) is 0 Å². The maximum atomic E-state index is 11.7. The normalized spacial score (nSPS) is 13.6. The van der Waals surface area contributed by atoms with Crippen molar-refractivity contribution in [3.8, 4) is 17.4 Å². The van der Waals surface area contributed by atoms with E-state index in [1.165, 1.54) is 0 Å². The molecule has 0 aliphatic carbocycles. The molecule has 0 amide bonds. The zero-order chi connectivity index (χ0) is 13.9. The molecule has 0 aliphatic heterocycles. The molecular weight excluding hydrogens is 307 g/mol. The maximum absolute atomic E-state index is 11.7. The van der Waals surface area contributed by atoms with Crippen LogP contribution >= 0.6 is 0 Å². The summed E-state index contributed by atoms with van der Waals surface area (Å²) in [6, 6.07) is 0. The molecule has 0 saturated heterocycles. The minimum atomic E-state index is -3.08. The molecule has 0 spiro atoms.